The van der Waals surface area contributed by atoms with Crippen LogP contribution in [-0.2, 0) is 9.53 Å². The molecular formula is C19H24N4O4. The number of benzene rings is 1. The number of allylic oxidation sites excluding steroid dienone is 1. The third kappa shape index (κ3) is 3.47. The molecule has 144 valence electrons. The second kappa shape index (κ2) is 8.11. The molecule has 0 saturated carbocycles. The van der Waals surface area contributed by atoms with Crippen LogP contribution >= 0.6 is 0 Å². The normalized spacial score (nSPS) is 15.8. The minimum absolute atomic E-state index is 0.296. The van der Waals surface area contributed by atoms with Gasteiger partial charge in [0.25, 0.3) is 0 Å². The summed E-state index contributed by atoms with van der Waals surface area (Å²) in [4.78, 5) is 17.1. The largest absolute Gasteiger partial charge is 0.493 e. The number of hydrogen-bond acceptors (Lipinski definition) is 7. The van der Waals surface area contributed by atoms with Crippen molar-refractivity contribution >= 4 is 11.9 Å². The van der Waals surface area contributed by atoms with E-state index in [2.05, 4.69) is 22.3 Å². The van der Waals surface area contributed by atoms with Crippen LogP contribution in [0.25, 0.3) is 0 Å². The van der Waals surface area contributed by atoms with E-state index in [0.717, 1.165) is 17.7 Å². The maximum Gasteiger partial charge on any atom is 0.338 e. The Morgan fingerprint density at radius 1 is 1.22 bits per heavy atom. The first-order valence-corrected chi connectivity index (χ1v) is 8.93. The van der Waals surface area contributed by atoms with Gasteiger partial charge in [-0.3, -0.25) is 0 Å². The van der Waals surface area contributed by atoms with Crippen LogP contribution in [0.5, 0.6) is 11.5 Å². The first-order chi connectivity index (χ1) is 13.1. The summed E-state index contributed by atoms with van der Waals surface area (Å²) in [6.45, 7) is 4.15. The number of ether oxygens (including phenoxy) is 3. The predicted molar refractivity (Wildman–Crippen MR) is 99.9 cm³/mol. The van der Waals surface area contributed by atoms with Crippen LogP contribution in [0.15, 0.2) is 35.8 Å². The maximum atomic E-state index is 12.8. The maximum absolute atomic E-state index is 12.8. The van der Waals surface area contributed by atoms with Gasteiger partial charge in [0, 0.05) is 5.70 Å². The highest BCUT2D eigenvalue weighted by Crippen LogP contribution is 2.39. The smallest absolute Gasteiger partial charge is 0.338 e. The number of methoxy groups -OCH3 is 2. The van der Waals surface area contributed by atoms with E-state index in [-0.39, 0.29) is 5.97 Å². The number of aromatic nitrogens is 3. The summed E-state index contributed by atoms with van der Waals surface area (Å²) in [6.07, 6.45) is 3.04. The molecule has 8 nitrogen and oxygen atoms in total. The molecule has 2 heterocycles. The zero-order valence-electron chi connectivity index (χ0n) is 16.0. The minimum Gasteiger partial charge on any atom is -0.493 e. The van der Waals surface area contributed by atoms with Crippen LogP contribution in [0.2, 0.25) is 0 Å². The lowest BCUT2D eigenvalue weighted by Gasteiger charge is -2.29. The Balaban J connectivity index is 2.18. The van der Waals surface area contributed by atoms with Crippen LogP contribution < -0.4 is 14.8 Å². The molecule has 0 fully saturated rings. The fourth-order valence-electron chi connectivity index (χ4n) is 3.24. The van der Waals surface area contributed by atoms with Crippen molar-refractivity contribution in [2.45, 2.75) is 32.7 Å². The van der Waals surface area contributed by atoms with Crippen molar-refractivity contribution in [1.82, 2.24) is 14.8 Å². The number of carbonyl (C=O) groups is 1. The van der Waals surface area contributed by atoms with Gasteiger partial charge in [-0.25, -0.2) is 9.48 Å². The highest BCUT2D eigenvalue weighted by atomic mass is 16.5. The van der Waals surface area contributed by atoms with Crippen molar-refractivity contribution < 1.29 is 19.0 Å². The van der Waals surface area contributed by atoms with Gasteiger partial charge in [0.1, 0.15) is 12.4 Å². The van der Waals surface area contributed by atoms with E-state index in [1.54, 1.807) is 25.8 Å². The van der Waals surface area contributed by atoms with Gasteiger partial charge in [0.05, 0.1) is 26.4 Å². The van der Waals surface area contributed by atoms with Gasteiger partial charge >= 0.3 is 5.97 Å². The van der Waals surface area contributed by atoms with E-state index in [0.29, 0.717) is 36.0 Å². The SMILES string of the molecule is CCCC1=C(C(=O)OCC)[C@H](c2ccc(OC)c(OC)c2)n2ncnc2N1. The molecule has 0 saturated heterocycles. The monoisotopic (exact) mass is 372 g/mol. The summed E-state index contributed by atoms with van der Waals surface area (Å²) in [5, 5.41) is 7.56. The third-order valence-electron chi connectivity index (χ3n) is 4.40. The fourth-order valence-corrected chi connectivity index (χ4v) is 3.24. The summed E-state index contributed by atoms with van der Waals surface area (Å²) in [5.74, 6) is 1.42. The summed E-state index contributed by atoms with van der Waals surface area (Å²) >= 11 is 0. The molecule has 0 unspecified atom stereocenters. The Labute approximate surface area is 158 Å². The van der Waals surface area contributed by atoms with Crippen molar-refractivity contribution in [1.29, 1.82) is 0 Å². The van der Waals surface area contributed by atoms with Crippen molar-refractivity contribution in [2.24, 2.45) is 0 Å². The number of rotatable bonds is 7. The van der Waals surface area contributed by atoms with E-state index >= 15 is 0 Å². The van der Waals surface area contributed by atoms with E-state index in [1.165, 1.54) is 6.33 Å². The average Bonchev–Trinajstić information content (AvgIpc) is 3.15. The van der Waals surface area contributed by atoms with Crippen molar-refractivity contribution in [3.8, 4) is 11.5 Å². The number of fused-ring (bicyclic) bond motifs is 1. The molecule has 1 N–H and O–H groups in total. The highest BCUT2D eigenvalue weighted by molar-refractivity contribution is 5.92. The van der Waals surface area contributed by atoms with E-state index in [9.17, 15) is 4.79 Å². The zero-order valence-corrected chi connectivity index (χ0v) is 16.0. The predicted octanol–water partition coefficient (Wildman–Crippen LogP) is 2.93. The average molecular weight is 372 g/mol. The lowest BCUT2D eigenvalue weighted by atomic mass is 9.93. The first-order valence-electron chi connectivity index (χ1n) is 8.93. The van der Waals surface area contributed by atoms with Gasteiger partial charge in [-0.15, -0.1) is 0 Å². The van der Waals surface area contributed by atoms with Crippen molar-refractivity contribution in [3.63, 3.8) is 0 Å². The Bertz CT molecular complexity index is 859. The third-order valence-corrected chi connectivity index (χ3v) is 4.40. The Kier molecular flexibility index (Phi) is 5.63. The molecule has 0 spiro atoms. The molecule has 1 aliphatic rings. The van der Waals surface area contributed by atoms with Crippen LogP contribution in [0.1, 0.15) is 38.3 Å². The molecular weight excluding hydrogens is 348 g/mol. The molecule has 8 heteroatoms. The highest BCUT2D eigenvalue weighted by Gasteiger charge is 2.35. The fraction of sp³-hybridized carbons (Fsp3) is 0.421. The number of nitrogens with one attached hydrogen (secondary N) is 1. The number of anilines is 1. The van der Waals surface area contributed by atoms with Crippen LogP contribution in [0.3, 0.4) is 0 Å². The van der Waals surface area contributed by atoms with Crippen LogP contribution in [0.4, 0.5) is 5.95 Å². The molecule has 0 bridgehead atoms. The molecule has 1 aromatic heterocycles. The summed E-state index contributed by atoms with van der Waals surface area (Å²) in [5.41, 5.74) is 2.16. The van der Waals surface area contributed by atoms with E-state index in [1.807, 2.05) is 18.2 Å². The quantitative estimate of drug-likeness (QED) is 0.748. The minimum atomic E-state index is -0.468. The van der Waals surface area contributed by atoms with Gasteiger partial charge in [0.15, 0.2) is 11.5 Å². The van der Waals surface area contributed by atoms with Gasteiger partial charge in [-0.05, 0) is 31.0 Å². The van der Waals surface area contributed by atoms with Crippen LogP contribution in [-0.4, -0.2) is 41.6 Å². The molecule has 27 heavy (non-hydrogen) atoms. The van der Waals surface area contributed by atoms with Gasteiger partial charge in [-0.1, -0.05) is 19.4 Å². The van der Waals surface area contributed by atoms with Crippen molar-refractivity contribution in [3.05, 3.63) is 41.4 Å². The number of nitrogens with zero attached hydrogens (tertiary/aromatic N) is 3. The lowest BCUT2D eigenvalue weighted by molar-refractivity contribution is -0.139. The molecule has 1 atom stereocenters. The summed E-state index contributed by atoms with van der Waals surface area (Å²) in [6, 6.07) is 5.09. The molecule has 0 aliphatic carbocycles. The molecule has 1 aliphatic heterocycles. The summed E-state index contributed by atoms with van der Waals surface area (Å²) < 4.78 is 17.8. The topological polar surface area (TPSA) is 87.5 Å². The van der Waals surface area contributed by atoms with E-state index in [4.69, 9.17) is 14.2 Å². The standard InChI is InChI=1S/C19H24N4O4/c1-5-7-13-16(18(24)27-6-2)17(23-19(22-13)20-11-21-23)12-8-9-14(25-3)15(10-12)26-4/h8-11,17H,5-7H2,1-4H3,(H,20,21,22)/t17-/m0/s1. The van der Waals surface area contributed by atoms with Gasteiger partial charge in [-0.2, -0.15) is 10.1 Å². The zero-order chi connectivity index (χ0) is 19.4. The Morgan fingerprint density at radius 3 is 2.67 bits per heavy atom. The van der Waals surface area contributed by atoms with Crippen molar-refractivity contribution in [2.75, 3.05) is 26.1 Å². The second-order valence-electron chi connectivity index (χ2n) is 6.03. The van der Waals surface area contributed by atoms with Gasteiger partial charge in [0.2, 0.25) is 5.95 Å². The van der Waals surface area contributed by atoms with E-state index < -0.39 is 6.04 Å². The molecule has 2 aromatic rings. The molecule has 3 rings (SSSR count). The lowest BCUT2D eigenvalue weighted by Crippen LogP contribution is -2.30. The van der Waals surface area contributed by atoms with Crippen LogP contribution in [0, 0.1) is 0 Å². The Morgan fingerprint density at radius 2 is 2.00 bits per heavy atom. The summed E-state index contributed by atoms with van der Waals surface area (Å²) in [7, 11) is 3.16. The first kappa shape index (κ1) is 18.8. The number of esters is 1. The second-order valence-corrected chi connectivity index (χ2v) is 6.03. The molecule has 1 aromatic carbocycles. The molecule has 0 radical (unpaired) electrons. The molecule has 0 amide bonds. The number of carbonyl (C=O) groups excluding carboxylic acids is 1. The number of hydrogen-bond donors (Lipinski definition) is 1. The Hall–Kier alpha value is -3.03. The van der Waals surface area contributed by atoms with Gasteiger partial charge < -0.3 is 19.5 Å².